The maximum Gasteiger partial charge on any atom is 0.330 e. The number of rotatable bonds is 6. The number of H-pyrrole nitrogens is 1. The number of hydrogen-bond donors (Lipinski definition) is 2. The molecule has 6 nitrogen and oxygen atoms in total. The molecule has 2 aromatic rings. The first kappa shape index (κ1) is 13.4. The van der Waals surface area contributed by atoms with Crippen molar-refractivity contribution in [2.75, 3.05) is 26.1 Å². The molecular formula is C13H17N3O3. The first-order valence-corrected chi connectivity index (χ1v) is 5.90. The average Bonchev–Trinajstić information content (AvgIpc) is 2.87. The molecule has 0 fully saturated rings. The van der Waals surface area contributed by atoms with Gasteiger partial charge in [-0.3, -0.25) is 4.57 Å². The van der Waals surface area contributed by atoms with Gasteiger partial charge < -0.3 is 19.8 Å². The fraction of sp³-hybridized carbons (Fsp3) is 0.308. The maximum absolute atomic E-state index is 11.5. The van der Waals surface area contributed by atoms with Gasteiger partial charge in [-0.05, 0) is 24.3 Å². The van der Waals surface area contributed by atoms with Crippen LogP contribution in [0, 0.1) is 0 Å². The van der Waals surface area contributed by atoms with Gasteiger partial charge in [-0.1, -0.05) is 0 Å². The second-order valence-electron chi connectivity index (χ2n) is 3.96. The number of ether oxygens (including phenoxy) is 2. The maximum atomic E-state index is 11.5. The van der Waals surface area contributed by atoms with E-state index in [2.05, 4.69) is 10.3 Å². The highest BCUT2D eigenvalue weighted by atomic mass is 16.7. The van der Waals surface area contributed by atoms with Gasteiger partial charge in [0.2, 0.25) is 0 Å². The van der Waals surface area contributed by atoms with E-state index in [9.17, 15) is 4.79 Å². The van der Waals surface area contributed by atoms with Gasteiger partial charge in [0.05, 0.1) is 12.2 Å². The second-order valence-corrected chi connectivity index (χ2v) is 3.96. The monoisotopic (exact) mass is 263 g/mol. The van der Waals surface area contributed by atoms with E-state index < -0.39 is 0 Å². The minimum atomic E-state index is -0.285. The van der Waals surface area contributed by atoms with Crippen LogP contribution in [-0.4, -0.2) is 36.6 Å². The van der Waals surface area contributed by atoms with Gasteiger partial charge in [0, 0.05) is 32.3 Å². The molecule has 0 spiro atoms. The van der Waals surface area contributed by atoms with Crippen LogP contribution in [0.2, 0.25) is 0 Å². The Bertz CT molecular complexity index is 555. The van der Waals surface area contributed by atoms with Crippen molar-refractivity contribution in [3.05, 3.63) is 47.1 Å². The van der Waals surface area contributed by atoms with Gasteiger partial charge in [-0.2, -0.15) is 0 Å². The summed E-state index contributed by atoms with van der Waals surface area (Å²) in [6.45, 7) is 0.552. The van der Waals surface area contributed by atoms with Gasteiger partial charge >= 0.3 is 5.69 Å². The number of nitrogens with zero attached hydrogens (tertiary/aromatic N) is 1. The summed E-state index contributed by atoms with van der Waals surface area (Å²) in [5, 5.41) is 3.19. The Morgan fingerprint density at radius 1 is 1.26 bits per heavy atom. The molecule has 2 rings (SSSR count). The zero-order chi connectivity index (χ0) is 13.7. The van der Waals surface area contributed by atoms with Crippen molar-refractivity contribution in [1.82, 2.24) is 9.55 Å². The zero-order valence-electron chi connectivity index (χ0n) is 10.9. The summed E-state index contributed by atoms with van der Waals surface area (Å²) in [5.41, 5.74) is 1.60. The summed E-state index contributed by atoms with van der Waals surface area (Å²) in [6.07, 6.45) is 3.01. The summed E-state index contributed by atoms with van der Waals surface area (Å²) < 4.78 is 11.7. The first-order valence-electron chi connectivity index (χ1n) is 5.90. The van der Waals surface area contributed by atoms with E-state index in [1.54, 1.807) is 26.6 Å². The summed E-state index contributed by atoms with van der Waals surface area (Å²) in [7, 11) is 3.19. The molecular weight excluding hydrogens is 246 g/mol. The van der Waals surface area contributed by atoms with Crippen LogP contribution in [0.4, 0.5) is 5.69 Å². The fourth-order valence-electron chi connectivity index (χ4n) is 1.73. The quantitative estimate of drug-likeness (QED) is 0.768. The molecule has 1 aromatic heterocycles. The van der Waals surface area contributed by atoms with E-state index in [0.29, 0.717) is 6.54 Å². The fourth-order valence-corrected chi connectivity index (χ4v) is 1.73. The number of methoxy groups -OCH3 is 2. The first-order chi connectivity index (χ1) is 9.24. The molecule has 0 amide bonds. The molecule has 0 bridgehead atoms. The van der Waals surface area contributed by atoms with Crippen LogP contribution in [0.1, 0.15) is 0 Å². The predicted molar refractivity (Wildman–Crippen MR) is 72.7 cm³/mol. The largest absolute Gasteiger partial charge is 0.380 e. The van der Waals surface area contributed by atoms with E-state index in [4.69, 9.17) is 9.47 Å². The van der Waals surface area contributed by atoms with Crippen LogP contribution in [0.5, 0.6) is 0 Å². The molecule has 0 saturated carbocycles. The van der Waals surface area contributed by atoms with Crippen molar-refractivity contribution >= 4 is 5.69 Å². The van der Waals surface area contributed by atoms with Gasteiger partial charge in [0.1, 0.15) is 0 Å². The predicted octanol–water partition coefficient (Wildman–Crippen LogP) is 1.20. The number of aromatic amines is 1. The number of nitrogens with one attached hydrogen (secondary N) is 2. The molecule has 0 aliphatic rings. The van der Waals surface area contributed by atoms with Gasteiger partial charge in [0.15, 0.2) is 6.29 Å². The Balaban J connectivity index is 2.03. The van der Waals surface area contributed by atoms with Crippen molar-refractivity contribution in [1.29, 1.82) is 0 Å². The van der Waals surface area contributed by atoms with Crippen LogP contribution >= 0.6 is 0 Å². The summed E-state index contributed by atoms with van der Waals surface area (Å²) in [6, 6.07) is 7.53. The van der Waals surface area contributed by atoms with E-state index in [0.717, 1.165) is 11.4 Å². The number of imidazole rings is 1. The van der Waals surface area contributed by atoms with Crippen molar-refractivity contribution in [3.8, 4) is 5.69 Å². The molecule has 0 aliphatic heterocycles. The summed E-state index contributed by atoms with van der Waals surface area (Å²) in [4.78, 5) is 14.1. The minimum Gasteiger partial charge on any atom is -0.380 e. The van der Waals surface area contributed by atoms with E-state index in [-0.39, 0.29) is 12.0 Å². The van der Waals surface area contributed by atoms with E-state index in [1.165, 1.54) is 4.57 Å². The molecule has 0 aliphatic carbocycles. The molecule has 2 N–H and O–H groups in total. The SMILES string of the molecule is COC(CNc1ccc(-n2cc[nH]c2=O)cc1)OC. The van der Waals surface area contributed by atoms with Crippen LogP contribution in [0.25, 0.3) is 5.69 Å². The van der Waals surface area contributed by atoms with Crippen molar-refractivity contribution in [3.63, 3.8) is 0 Å². The third-order valence-corrected chi connectivity index (χ3v) is 2.79. The third kappa shape index (κ3) is 3.24. The number of hydrogen-bond acceptors (Lipinski definition) is 4. The molecule has 19 heavy (non-hydrogen) atoms. The Kier molecular flexibility index (Phi) is 4.38. The lowest BCUT2D eigenvalue weighted by molar-refractivity contribution is -0.0914. The zero-order valence-corrected chi connectivity index (χ0v) is 10.9. The topological polar surface area (TPSA) is 68.3 Å². The Labute approximate surface area is 111 Å². The molecule has 0 saturated heterocycles. The van der Waals surface area contributed by atoms with Gasteiger partial charge in [-0.25, -0.2) is 4.79 Å². The highest BCUT2D eigenvalue weighted by Crippen LogP contribution is 2.12. The molecule has 0 unspecified atom stereocenters. The number of benzene rings is 1. The second kappa shape index (κ2) is 6.21. The molecule has 102 valence electrons. The highest BCUT2D eigenvalue weighted by molar-refractivity contribution is 5.48. The third-order valence-electron chi connectivity index (χ3n) is 2.79. The minimum absolute atomic E-state index is 0.153. The summed E-state index contributed by atoms with van der Waals surface area (Å²) >= 11 is 0. The van der Waals surface area contributed by atoms with Crippen molar-refractivity contribution < 1.29 is 9.47 Å². The molecule has 0 atom stereocenters. The van der Waals surface area contributed by atoms with E-state index >= 15 is 0 Å². The standard InChI is InChI=1S/C13H17N3O3/c1-18-12(19-2)9-15-10-3-5-11(6-4-10)16-8-7-14-13(16)17/h3-8,12,15H,9H2,1-2H3,(H,14,17). The molecule has 1 heterocycles. The van der Waals surface area contributed by atoms with Gasteiger partial charge in [-0.15, -0.1) is 0 Å². The van der Waals surface area contributed by atoms with Crippen LogP contribution in [0.3, 0.4) is 0 Å². The number of anilines is 1. The van der Waals surface area contributed by atoms with Crippen molar-refractivity contribution in [2.45, 2.75) is 6.29 Å². The lowest BCUT2D eigenvalue weighted by Crippen LogP contribution is -2.23. The molecule has 1 aromatic carbocycles. The average molecular weight is 263 g/mol. The van der Waals surface area contributed by atoms with E-state index in [1.807, 2.05) is 24.3 Å². The molecule has 0 radical (unpaired) electrons. The lowest BCUT2D eigenvalue weighted by Gasteiger charge is -2.15. The Morgan fingerprint density at radius 3 is 2.47 bits per heavy atom. The molecule has 6 heteroatoms. The Morgan fingerprint density at radius 2 is 1.95 bits per heavy atom. The Hall–Kier alpha value is -2.05. The lowest BCUT2D eigenvalue weighted by atomic mass is 10.2. The number of aromatic nitrogens is 2. The summed E-state index contributed by atoms with van der Waals surface area (Å²) in [5.74, 6) is 0. The highest BCUT2D eigenvalue weighted by Gasteiger charge is 2.04. The van der Waals surface area contributed by atoms with Crippen molar-refractivity contribution in [2.24, 2.45) is 0 Å². The van der Waals surface area contributed by atoms with Crippen LogP contribution < -0.4 is 11.0 Å². The van der Waals surface area contributed by atoms with Crippen LogP contribution in [0.15, 0.2) is 41.5 Å². The van der Waals surface area contributed by atoms with Gasteiger partial charge in [0.25, 0.3) is 0 Å². The van der Waals surface area contributed by atoms with Crippen LogP contribution in [-0.2, 0) is 9.47 Å². The normalized spacial score (nSPS) is 10.9. The smallest absolute Gasteiger partial charge is 0.330 e.